The van der Waals surface area contributed by atoms with Crippen LogP contribution in [0.1, 0.15) is 57.0 Å². The van der Waals surface area contributed by atoms with Gasteiger partial charge in [-0.05, 0) is 55.5 Å². The Labute approximate surface area is 191 Å². The Balaban J connectivity index is 1.96. The minimum absolute atomic E-state index is 0.0482. The monoisotopic (exact) mass is 473 g/mol. The molecule has 33 heavy (non-hydrogen) atoms. The summed E-state index contributed by atoms with van der Waals surface area (Å²) in [6.07, 6.45) is 3.45. The van der Waals surface area contributed by atoms with Crippen molar-refractivity contribution in [3.05, 3.63) is 65.2 Å². The normalized spacial score (nSPS) is 21.7. The number of sulfonamides is 1. The molecule has 174 valence electrons. The molecule has 0 aliphatic heterocycles. The molecule has 10 heteroatoms. The maximum absolute atomic E-state index is 14.4. The fourth-order valence-corrected chi connectivity index (χ4v) is 5.60. The van der Waals surface area contributed by atoms with Crippen LogP contribution in [0.3, 0.4) is 0 Å². The second-order valence-corrected chi connectivity index (χ2v) is 10.7. The predicted molar refractivity (Wildman–Crippen MR) is 119 cm³/mol. The van der Waals surface area contributed by atoms with Crippen molar-refractivity contribution in [3.8, 4) is 11.3 Å². The van der Waals surface area contributed by atoms with Gasteiger partial charge in [-0.3, -0.25) is 4.98 Å². The molecule has 1 aliphatic rings. The summed E-state index contributed by atoms with van der Waals surface area (Å²) in [5, 5.41) is 8.42. The molecule has 0 amide bonds. The van der Waals surface area contributed by atoms with E-state index in [1.807, 2.05) is 27.7 Å². The van der Waals surface area contributed by atoms with Gasteiger partial charge in [-0.1, -0.05) is 26.8 Å². The fraction of sp³-hybridized carbons (Fsp3) is 0.391. The van der Waals surface area contributed by atoms with Crippen LogP contribution in [0.4, 0.5) is 8.78 Å². The molecule has 0 bridgehead atoms. The minimum Gasteiger partial charge on any atom is -0.260 e. The first-order chi connectivity index (χ1) is 15.5. The van der Waals surface area contributed by atoms with E-state index >= 15 is 0 Å². The van der Waals surface area contributed by atoms with E-state index in [9.17, 15) is 17.2 Å². The van der Waals surface area contributed by atoms with Gasteiger partial charge < -0.3 is 0 Å². The third-order valence-corrected chi connectivity index (χ3v) is 8.41. The van der Waals surface area contributed by atoms with Gasteiger partial charge in [0.1, 0.15) is 11.6 Å². The molecular formula is C23H25F2N5O2S. The van der Waals surface area contributed by atoms with E-state index in [1.165, 1.54) is 37.6 Å². The minimum atomic E-state index is -3.81. The third-order valence-electron chi connectivity index (χ3n) is 7.13. The van der Waals surface area contributed by atoms with E-state index < -0.39 is 32.5 Å². The molecule has 1 N–H and O–H groups in total. The molecule has 2 atom stereocenters. The number of hydrogen-bond donors (Lipinski definition) is 1. The van der Waals surface area contributed by atoms with Crippen molar-refractivity contribution in [2.75, 3.05) is 7.05 Å². The average molecular weight is 474 g/mol. The van der Waals surface area contributed by atoms with Crippen LogP contribution in [-0.2, 0) is 15.4 Å². The van der Waals surface area contributed by atoms with E-state index in [0.29, 0.717) is 11.4 Å². The van der Waals surface area contributed by atoms with Crippen LogP contribution in [0.2, 0.25) is 0 Å². The van der Waals surface area contributed by atoms with Gasteiger partial charge in [-0.15, -0.1) is 5.10 Å². The molecule has 0 spiro atoms. The number of rotatable bonds is 5. The van der Waals surface area contributed by atoms with Crippen molar-refractivity contribution in [2.45, 2.75) is 50.5 Å². The zero-order valence-electron chi connectivity index (χ0n) is 19.0. The SMILES string of the molecule is CCC1c2cc(-c3c(F)cccc3F)nnc2[C@](C)(c2cncc(S(=O)(=O)NC)n2)C1(C)C. The Morgan fingerprint density at radius 2 is 1.76 bits per heavy atom. The topological polar surface area (TPSA) is 97.7 Å². The van der Waals surface area contributed by atoms with Crippen LogP contribution in [0.15, 0.2) is 41.7 Å². The fourth-order valence-electron chi connectivity index (χ4n) is 4.97. The van der Waals surface area contributed by atoms with Crippen molar-refractivity contribution in [1.82, 2.24) is 24.9 Å². The number of halogens is 2. The van der Waals surface area contributed by atoms with E-state index in [0.717, 1.165) is 12.0 Å². The number of nitrogens with one attached hydrogen (secondary N) is 1. The molecule has 0 saturated carbocycles. The highest BCUT2D eigenvalue weighted by atomic mass is 32.2. The predicted octanol–water partition coefficient (Wildman–Crippen LogP) is 3.96. The van der Waals surface area contributed by atoms with Gasteiger partial charge in [-0.2, -0.15) is 5.10 Å². The number of nitrogens with zero attached hydrogens (tertiary/aromatic N) is 4. The Morgan fingerprint density at radius 3 is 2.36 bits per heavy atom. The number of hydrogen-bond acceptors (Lipinski definition) is 6. The smallest absolute Gasteiger partial charge is 0.259 e. The van der Waals surface area contributed by atoms with Crippen molar-refractivity contribution < 1.29 is 17.2 Å². The molecule has 2 heterocycles. The first-order valence-corrected chi connectivity index (χ1v) is 12.1. The van der Waals surface area contributed by atoms with Crippen LogP contribution in [-0.4, -0.2) is 35.6 Å². The van der Waals surface area contributed by atoms with Crippen LogP contribution in [0, 0.1) is 17.0 Å². The van der Waals surface area contributed by atoms with E-state index in [1.54, 1.807) is 6.07 Å². The molecule has 4 rings (SSSR count). The van der Waals surface area contributed by atoms with Crippen molar-refractivity contribution in [3.63, 3.8) is 0 Å². The van der Waals surface area contributed by atoms with Crippen LogP contribution >= 0.6 is 0 Å². The van der Waals surface area contributed by atoms with Gasteiger partial charge in [0.25, 0.3) is 10.0 Å². The van der Waals surface area contributed by atoms with Gasteiger partial charge >= 0.3 is 0 Å². The summed E-state index contributed by atoms with van der Waals surface area (Å²) in [5.41, 5.74) is 0.377. The molecule has 0 radical (unpaired) electrons. The maximum atomic E-state index is 14.4. The quantitative estimate of drug-likeness (QED) is 0.602. The summed E-state index contributed by atoms with van der Waals surface area (Å²) in [6, 6.07) is 5.35. The summed E-state index contributed by atoms with van der Waals surface area (Å²) >= 11 is 0. The van der Waals surface area contributed by atoms with Gasteiger partial charge in [0.05, 0.1) is 34.3 Å². The lowest BCUT2D eigenvalue weighted by molar-refractivity contribution is 0.188. The summed E-state index contributed by atoms with van der Waals surface area (Å²) in [7, 11) is -2.50. The first-order valence-electron chi connectivity index (χ1n) is 10.6. The van der Waals surface area contributed by atoms with Crippen LogP contribution in [0.25, 0.3) is 11.3 Å². The van der Waals surface area contributed by atoms with E-state index in [4.69, 9.17) is 0 Å². The zero-order chi connectivity index (χ0) is 24.2. The van der Waals surface area contributed by atoms with Gasteiger partial charge in [0, 0.05) is 6.20 Å². The Hall–Kier alpha value is -2.85. The molecule has 1 unspecified atom stereocenters. The standard InChI is InChI=1S/C23H25F2N5O2S/c1-6-14-13-10-17(20-15(24)8-7-9-16(20)25)29-30-21(13)23(4,22(14,2)3)18-11-27-12-19(28-18)33(31,32)26-5/h7-12,14,26H,6H2,1-5H3/t14?,23-/m0/s1. The highest BCUT2D eigenvalue weighted by Crippen LogP contribution is 2.61. The van der Waals surface area contributed by atoms with Crippen LogP contribution < -0.4 is 4.72 Å². The molecule has 0 saturated heterocycles. The Bertz CT molecular complexity index is 1330. The van der Waals surface area contributed by atoms with Crippen molar-refractivity contribution >= 4 is 10.0 Å². The molecule has 3 aromatic rings. The lowest BCUT2D eigenvalue weighted by atomic mass is 9.62. The largest absolute Gasteiger partial charge is 0.260 e. The Morgan fingerprint density at radius 1 is 1.09 bits per heavy atom. The summed E-state index contributed by atoms with van der Waals surface area (Å²) in [6.45, 7) is 8.05. The lowest BCUT2D eigenvalue weighted by Crippen LogP contribution is -2.40. The molecule has 1 aromatic carbocycles. The molecule has 0 fully saturated rings. The maximum Gasteiger partial charge on any atom is 0.259 e. The highest BCUT2D eigenvalue weighted by molar-refractivity contribution is 7.89. The number of benzene rings is 1. The zero-order valence-corrected chi connectivity index (χ0v) is 19.8. The molecular weight excluding hydrogens is 448 g/mol. The van der Waals surface area contributed by atoms with Crippen molar-refractivity contribution in [1.29, 1.82) is 0 Å². The number of aromatic nitrogens is 4. The van der Waals surface area contributed by atoms with E-state index in [-0.39, 0.29) is 22.2 Å². The lowest BCUT2D eigenvalue weighted by Gasteiger charge is -2.40. The Kier molecular flexibility index (Phi) is 5.57. The summed E-state index contributed by atoms with van der Waals surface area (Å²) in [5.74, 6) is -1.48. The van der Waals surface area contributed by atoms with Gasteiger partial charge in [0.2, 0.25) is 0 Å². The average Bonchev–Trinajstić information content (AvgIpc) is 2.96. The van der Waals surface area contributed by atoms with Crippen molar-refractivity contribution in [2.24, 2.45) is 5.41 Å². The summed E-state index contributed by atoms with van der Waals surface area (Å²) in [4.78, 5) is 8.58. The molecule has 1 aliphatic carbocycles. The molecule has 2 aromatic heterocycles. The first kappa shape index (κ1) is 23.3. The third kappa shape index (κ3) is 3.34. The summed E-state index contributed by atoms with van der Waals surface area (Å²) < 4.78 is 55.8. The van der Waals surface area contributed by atoms with Gasteiger partial charge in [-0.25, -0.2) is 26.9 Å². The second kappa shape index (κ2) is 7.88. The second-order valence-electron chi connectivity index (χ2n) is 8.89. The van der Waals surface area contributed by atoms with Crippen LogP contribution in [0.5, 0.6) is 0 Å². The number of fused-ring (bicyclic) bond motifs is 1. The van der Waals surface area contributed by atoms with Gasteiger partial charge in [0.15, 0.2) is 5.03 Å². The highest BCUT2D eigenvalue weighted by Gasteiger charge is 2.58. The van der Waals surface area contributed by atoms with E-state index in [2.05, 4.69) is 24.9 Å². The molecule has 7 nitrogen and oxygen atoms in total.